The molecular weight excluding hydrogens is 260 g/mol. The fourth-order valence-electron chi connectivity index (χ4n) is 0. The molecule has 0 heterocycles. The largest absolute Gasteiger partial charge is 0.452 e. The lowest BCUT2D eigenvalue weighted by Gasteiger charge is -2.12. The zero-order valence-electron chi connectivity index (χ0n) is 7.11. The molecule has 92 valence electrons. The fourth-order valence-corrected chi connectivity index (χ4v) is 0. The van der Waals surface area contributed by atoms with Crippen LogP contribution in [0.4, 0.5) is 35.1 Å². The van der Waals surface area contributed by atoms with Crippen LogP contribution in [0.15, 0.2) is 11.6 Å². The van der Waals surface area contributed by atoms with Gasteiger partial charge >= 0.3 is 18.3 Å². The fraction of sp³-hybridized carbons (Fsp3) is 0.667. The van der Waals surface area contributed by atoms with E-state index in [4.69, 9.17) is 0 Å². The first-order valence-electron chi connectivity index (χ1n) is 3.05. The Labute approximate surface area is 84.5 Å². The summed E-state index contributed by atoms with van der Waals surface area (Å²) in [5, 5.41) is -1.28. The van der Waals surface area contributed by atoms with E-state index in [1.54, 1.807) is 0 Å². The normalized spacial score (nSPS) is 12.9. The Balaban J connectivity index is 0. The molecule has 0 N–H and O–H groups in total. The third kappa shape index (κ3) is 8.46. The van der Waals surface area contributed by atoms with Crippen LogP contribution in [0.3, 0.4) is 0 Å². The molecule has 0 saturated heterocycles. The summed E-state index contributed by atoms with van der Waals surface area (Å²) in [6.07, 6.45) is -9.82. The van der Waals surface area contributed by atoms with Gasteiger partial charge in [0.15, 0.2) is 0 Å². The molecule has 15 heavy (non-hydrogen) atoms. The first-order chi connectivity index (χ1) is 6.19. The molecule has 0 aliphatic heterocycles. The van der Waals surface area contributed by atoms with E-state index in [1.165, 1.54) is 0 Å². The Morgan fingerprint density at radius 2 is 1.07 bits per heavy atom. The van der Waals surface area contributed by atoms with Gasteiger partial charge in [0.1, 0.15) is 5.03 Å². The molecule has 0 fully saturated rings. The quantitative estimate of drug-likeness (QED) is 0.565. The van der Waals surface area contributed by atoms with Gasteiger partial charge in [-0.05, 0) is 0 Å². The molecule has 0 aliphatic rings. The van der Waals surface area contributed by atoms with E-state index in [2.05, 4.69) is 18.2 Å². The van der Waals surface area contributed by atoms with Gasteiger partial charge in [-0.1, -0.05) is 18.2 Å². The van der Waals surface area contributed by atoms with Crippen molar-refractivity contribution < 1.29 is 35.1 Å². The highest BCUT2D eigenvalue weighted by molar-refractivity contribution is 6.29. The molecule has 0 aromatic carbocycles. The second-order valence-corrected chi connectivity index (χ2v) is 2.75. The van der Waals surface area contributed by atoms with Crippen molar-refractivity contribution in [2.75, 3.05) is 0 Å². The molecule has 0 aliphatic carbocycles. The third-order valence-corrected chi connectivity index (χ3v) is 1.02. The Bertz CT molecular complexity index is 195. The lowest BCUT2D eigenvalue weighted by molar-refractivity contribution is -0.273. The average molecular weight is 265 g/mol. The van der Waals surface area contributed by atoms with Crippen molar-refractivity contribution in [1.29, 1.82) is 0 Å². The Morgan fingerprint density at radius 3 is 1.07 bits per heavy atom. The average Bonchev–Trinajstić information content (AvgIpc) is 1.80. The molecular formula is C6H5ClF8. The number of halogens is 9. The monoisotopic (exact) mass is 264 g/mol. The van der Waals surface area contributed by atoms with Crippen molar-refractivity contribution in [2.24, 2.45) is 0 Å². The van der Waals surface area contributed by atoms with Crippen LogP contribution in [-0.4, -0.2) is 18.3 Å². The lowest BCUT2D eigenvalue weighted by Crippen LogP contribution is -2.32. The number of allylic oxidation sites excluding steroid dienone is 1. The molecule has 0 amide bonds. The van der Waals surface area contributed by atoms with Gasteiger partial charge in [-0.2, -0.15) is 35.1 Å². The number of rotatable bonds is 0. The zero-order chi connectivity index (χ0) is 13.1. The van der Waals surface area contributed by atoms with Crippen LogP contribution in [0, 0.1) is 0 Å². The standard InChI is InChI=1S/C3H2ClF3.C3H3F5/c1-2(4)3(5,6)7;1-2(4,5)3(6,7)8/h1H2;1H3. The second kappa shape index (κ2) is 5.00. The maximum atomic E-state index is 11.1. The van der Waals surface area contributed by atoms with Gasteiger partial charge < -0.3 is 0 Å². The molecule has 0 atom stereocenters. The minimum absolute atomic E-state index is 0.188. The van der Waals surface area contributed by atoms with Crippen molar-refractivity contribution in [2.45, 2.75) is 25.2 Å². The lowest BCUT2D eigenvalue weighted by atomic mass is 10.4. The molecule has 0 saturated carbocycles. The number of alkyl halides is 8. The summed E-state index contributed by atoms with van der Waals surface area (Å²) in [5.41, 5.74) is 0. The van der Waals surface area contributed by atoms with Gasteiger partial charge in [0.25, 0.3) is 0 Å². The van der Waals surface area contributed by atoms with E-state index < -0.39 is 23.3 Å². The Kier molecular flexibility index (Phi) is 5.63. The van der Waals surface area contributed by atoms with Crippen LogP contribution in [0.1, 0.15) is 6.92 Å². The molecule has 0 rings (SSSR count). The van der Waals surface area contributed by atoms with Crippen molar-refractivity contribution in [1.82, 2.24) is 0 Å². The van der Waals surface area contributed by atoms with Crippen LogP contribution in [0.25, 0.3) is 0 Å². The van der Waals surface area contributed by atoms with Crippen LogP contribution in [-0.2, 0) is 0 Å². The maximum absolute atomic E-state index is 11.1. The van der Waals surface area contributed by atoms with Crippen LogP contribution in [0.2, 0.25) is 0 Å². The topological polar surface area (TPSA) is 0 Å². The minimum Gasteiger partial charge on any atom is -0.197 e. The van der Waals surface area contributed by atoms with Gasteiger partial charge in [0.2, 0.25) is 0 Å². The molecule has 0 nitrogen and oxygen atoms in total. The molecule has 0 aromatic heterocycles. The van der Waals surface area contributed by atoms with E-state index in [1.807, 2.05) is 0 Å². The molecule has 0 spiro atoms. The first kappa shape index (κ1) is 16.9. The van der Waals surface area contributed by atoms with Gasteiger partial charge in [-0.3, -0.25) is 0 Å². The summed E-state index contributed by atoms with van der Waals surface area (Å²) in [6.45, 7) is 2.28. The Hall–Kier alpha value is -0.530. The van der Waals surface area contributed by atoms with Crippen LogP contribution < -0.4 is 0 Å². The number of hydrogen-bond donors (Lipinski definition) is 0. The summed E-state index contributed by atoms with van der Waals surface area (Å²) in [6, 6.07) is 0. The van der Waals surface area contributed by atoms with Gasteiger partial charge in [-0.15, -0.1) is 0 Å². The van der Waals surface area contributed by atoms with E-state index in [0.29, 0.717) is 0 Å². The van der Waals surface area contributed by atoms with Gasteiger partial charge in [0.05, 0.1) is 0 Å². The summed E-state index contributed by atoms with van der Waals surface area (Å²) in [4.78, 5) is 0. The van der Waals surface area contributed by atoms with Crippen molar-refractivity contribution in [3.8, 4) is 0 Å². The zero-order valence-corrected chi connectivity index (χ0v) is 7.86. The highest BCUT2D eigenvalue weighted by Crippen LogP contribution is 2.34. The molecule has 0 aromatic rings. The SMILES string of the molecule is C=C(Cl)C(F)(F)F.CC(F)(F)C(F)(F)F. The predicted molar refractivity (Wildman–Crippen MR) is 37.7 cm³/mol. The second-order valence-electron chi connectivity index (χ2n) is 2.29. The summed E-state index contributed by atoms with van der Waals surface area (Å²) in [7, 11) is 0. The predicted octanol–water partition coefficient (Wildman–Crippen LogP) is 4.51. The first-order valence-corrected chi connectivity index (χ1v) is 3.43. The van der Waals surface area contributed by atoms with Gasteiger partial charge in [0, 0.05) is 6.92 Å². The molecule has 0 bridgehead atoms. The van der Waals surface area contributed by atoms with E-state index in [0.717, 1.165) is 0 Å². The summed E-state index contributed by atoms with van der Waals surface area (Å²) < 4.78 is 87.5. The molecule has 0 unspecified atom stereocenters. The molecule has 0 radical (unpaired) electrons. The van der Waals surface area contributed by atoms with E-state index >= 15 is 0 Å². The summed E-state index contributed by atoms with van der Waals surface area (Å²) in [5.74, 6) is -4.56. The van der Waals surface area contributed by atoms with E-state index in [-0.39, 0.29) is 6.92 Å². The van der Waals surface area contributed by atoms with Crippen molar-refractivity contribution in [3.63, 3.8) is 0 Å². The number of hydrogen-bond acceptors (Lipinski definition) is 0. The highest BCUT2D eigenvalue weighted by Gasteiger charge is 2.52. The minimum atomic E-state index is -5.40. The summed E-state index contributed by atoms with van der Waals surface area (Å²) >= 11 is 4.43. The van der Waals surface area contributed by atoms with E-state index in [9.17, 15) is 35.1 Å². The maximum Gasteiger partial charge on any atom is 0.452 e. The smallest absolute Gasteiger partial charge is 0.197 e. The van der Waals surface area contributed by atoms with Crippen molar-refractivity contribution in [3.05, 3.63) is 11.6 Å². The molecule has 9 heteroatoms. The third-order valence-electron chi connectivity index (χ3n) is 0.805. The van der Waals surface area contributed by atoms with Crippen LogP contribution in [0.5, 0.6) is 0 Å². The van der Waals surface area contributed by atoms with Gasteiger partial charge in [-0.25, -0.2) is 0 Å². The van der Waals surface area contributed by atoms with Crippen LogP contribution >= 0.6 is 11.6 Å². The Morgan fingerprint density at radius 1 is 0.933 bits per heavy atom. The van der Waals surface area contributed by atoms with Crippen molar-refractivity contribution >= 4 is 11.6 Å². The highest BCUT2D eigenvalue weighted by atomic mass is 35.5.